The molecule has 0 aromatic carbocycles. The lowest BCUT2D eigenvalue weighted by Gasteiger charge is -2.33. The number of aryl methyl sites for hydroxylation is 2. The first-order valence-corrected chi connectivity index (χ1v) is 5.89. The van der Waals surface area contributed by atoms with Gasteiger partial charge in [0.05, 0.1) is 17.9 Å². The molecule has 1 aliphatic heterocycles. The number of hydrogen-bond donors (Lipinski definition) is 2. The zero-order valence-electron chi connectivity index (χ0n) is 10.7. The van der Waals surface area contributed by atoms with Gasteiger partial charge in [0.1, 0.15) is 6.04 Å². The molecule has 1 atom stereocenters. The molecule has 7 heteroatoms. The van der Waals surface area contributed by atoms with Gasteiger partial charge in [0, 0.05) is 6.54 Å². The van der Waals surface area contributed by atoms with E-state index in [4.69, 9.17) is 5.73 Å². The summed E-state index contributed by atoms with van der Waals surface area (Å²) in [4.78, 5) is 24.8. The van der Waals surface area contributed by atoms with E-state index >= 15 is 0 Å². The summed E-state index contributed by atoms with van der Waals surface area (Å²) in [5.41, 5.74) is 7.22. The maximum absolute atomic E-state index is 11.7. The van der Waals surface area contributed by atoms with E-state index in [2.05, 4.69) is 10.4 Å². The second-order valence-electron chi connectivity index (χ2n) is 4.35. The lowest BCUT2D eigenvalue weighted by atomic mass is 10.2. The first kappa shape index (κ1) is 12.4. The molecule has 3 N–H and O–H groups in total. The van der Waals surface area contributed by atoms with Crippen LogP contribution >= 0.6 is 0 Å². The highest BCUT2D eigenvalue weighted by atomic mass is 16.2. The molecule has 1 unspecified atom stereocenters. The van der Waals surface area contributed by atoms with Gasteiger partial charge in [-0.3, -0.25) is 14.9 Å². The zero-order valence-corrected chi connectivity index (χ0v) is 10.7. The molecule has 0 aliphatic carbocycles. The van der Waals surface area contributed by atoms with Crippen LogP contribution < -0.4 is 16.0 Å². The standard InChI is InChI=1S/C11H17N5O2/c1-4-16-11(9(12)6(2)14-16)15-5-8(17)13-10(18)7(15)3/h7H,4-5,12H2,1-3H3,(H,13,17,18). The van der Waals surface area contributed by atoms with Crippen LogP contribution in [0.15, 0.2) is 0 Å². The number of nitrogens with one attached hydrogen (secondary N) is 1. The molecule has 1 aromatic rings. The summed E-state index contributed by atoms with van der Waals surface area (Å²) in [6, 6.07) is -0.439. The first-order chi connectivity index (χ1) is 8.45. The molecule has 2 rings (SSSR count). The number of nitrogens with two attached hydrogens (primary N) is 1. The van der Waals surface area contributed by atoms with E-state index in [0.717, 1.165) is 0 Å². The first-order valence-electron chi connectivity index (χ1n) is 5.89. The summed E-state index contributed by atoms with van der Waals surface area (Å²) in [5, 5.41) is 6.60. The van der Waals surface area contributed by atoms with Gasteiger partial charge in [-0.25, -0.2) is 4.68 Å². The van der Waals surface area contributed by atoms with Crippen molar-refractivity contribution in [1.82, 2.24) is 15.1 Å². The van der Waals surface area contributed by atoms with Crippen LogP contribution in [0.5, 0.6) is 0 Å². The Morgan fingerprint density at radius 2 is 2.17 bits per heavy atom. The van der Waals surface area contributed by atoms with Crippen molar-refractivity contribution in [3.63, 3.8) is 0 Å². The number of imide groups is 1. The number of aromatic nitrogens is 2. The lowest BCUT2D eigenvalue weighted by Crippen LogP contribution is -2.57. The highest BCUT2D eigenvalue weighted by Gasteiger charge is 2.33. The summed E-state index contributed by atoms with van der Waals surface area (Å²) < 4.78 is 1.72. The highest BCUT2D eigenvalue weighted by Crippen LogP contribution is 2.28. The van der Waals surface area contributed by atoms with Crippen molar-refractivity contribution >= 4 is 23.3 Å². The van der Waals surface area contributed by atoms with Crippen LogP contribution in [0, 0.1) is 6.92 Å². The maximum atomic E-state index is 11.7. The predicted molar refractivity (Wildman–Crippen MR) is 67.0 cm³/mol. The van der Waals surface area contributed by atoms with Gasteiger partial charge in [0.2, 0.25) is 11.8 Å². The van der Waals surface area contributed by atoms with E-state index in [-0.39, 0.29) is 18.4 Å². The molecule has 0 radical (unpaired) electrons. The molecule has 2 heterocycles. The Morgan fingerprint density at radius 3 is 2.78 bits per heavy atom. The Bertz CT molecular complexity index is 508. The number of rotatable bonds is 2. The Kier molecular flexibility index (Phi) is 2.98. The molecule has 1 aromatic heterocycles. The Labute approximate surface area is 105 Å². The molecule has 0 spiro atoms. The fourth-order valence-corrected chi connectivity index (χ4v) is 2.08. The van der Waals surface area contributed by atoms with Crippen molar-refractivity contribution in [2.45, 2.75) is 33.4 Å². The third-order valence-electron chi connectivity index (χ3n) is 3.14. The molecule has 2 amide bonds. The smallest absolute Gasteiger partial charge is 0.249 e. The molecule has 0 saturated carbocycles. The monoisotopic (exact) mass is 251 g/mol. The number of carbonyl (C=O) groups excluding carboxylic acids is 2. The normalized spacial score (nSPS) is 20.2. The van der Waals surface area contributed by atoms with Crippen molar-refractivity contribution in [2.24, 2.45) is 0 Å². The van der Waals surface area contributed by atoms with E-state index < -0.39 is 6.04 Å². The third kappa shape index (κ3) is 1.81. The molecule has 1 fully saturated rings. The van der Waals surface area contributed by atoms with Crippen molar-refractivity contribution in [2.75, 3.05) is 17.2 Å². The Morgan fingerprint density at radius 1 is 1.50 bits per heavy atom. The molecular weight excluding hydrogens is 234 g/mol. The quantitative estimate of drug-likeness (QED) is 0.700. The largest absolute Gasteiger partial charge is 0.394 e. The summed E-state index contributed by atoms with van der Waals surface area (Å²) >= 11 is 0. The number of carbonyl (C=O) groups is 2. The number of anilines is 2. The SMILES string of the molecule is CCn1nc(C)c(N)c1N1CC(=O)NC(=O)C1C. The number of hydrogen-bond acceptors (Lipinski definition) is 5. The van der Waals surface area contributed by atoms with Crippen LogP contribution in [0.1, 0.15) is 19.5 Å². The summed E-state index contributed by atoms with van der Waals surface area (Å²) in [5.74, 6) is 0.0110. The van der Waals surface area contributed by atoms with E-state index in [9.17, 15) is 9.59 Å². The molecule has 1 aliphatic rings. The lowest BCUT2D eigenvalue weighted by molar-refractivity contribution is -0.132. The second kappa shape index (κ2) is 4.32. The third-order valence-corrected chi connectivity index (χ3v) is 3.14. The van der Waals surface area contributed by atoms with Crippen molar-refractivity contribution < 1.29 is 9.59 Å². The fraction of sp³-hybridized carbons (Fsp3) is 0.545. The van der Waals surface area contributed by atoms with Gasteiger partial charge < -0.3 is 10.6 Å². The van der Waals surface area contributed by atoms with Crippen molar-refractivity contribution in [3.8, 4) is 0 Å². The van der Waals surface area contributed by atoms with Crippen LogP contribution in [0.4, 0.5) is 11.5 Å². The number of piperazine rings is 1. The minimum absolute atomic E-state index is 0.113. The maximum Gasteiger partial charge on any atom is 0.249 e. The minimum Gasteiger partial charge on any atom is -0.394 e. The van der Waals surface area contributed by atoms with Gasteiger partial charge in [-0.2, -0.15) is 5.10 Å². The molecule has 0 bridgehead atoms. The van der Waals surface area contributed by atoms with Gasteiger partial charge >= 0.3 is 0 Å². The van der Waals surface area contributed by atoms with Gasteiger partial charge in [-0.1, -0.05) is 0 Å². The molecular formula is C11H17N5O2. The van der Waals surface area contributed by atoms with Crippen molar-refractivity contribution in [1.29, 1.82) is 0 Å². The van der Waals surface area contributed by atoms with E-state index in [1.54, 1.807) is 16.5 Å². The average molecular weight is 251 g/mol. The number of nitrogens with zero attached hydrogens (tertiary/aromatic N) is 3. The average Bonchev–Trinajstić information content (AvgIpc) is 2.60. The van der Waals surface area contributed by atoms with Crippen LogP contribution in [0.2, 0.25) is 0 Å². The zero-order chi connectivity index (χ0) is 13.4. The molecule has 7 nitrogen and oxygen atoms in total. The number of nitrogen functional groups attached to an aromatic ring is 1. The van der Waals surface area contributed by atoms with Crippen LogP contribution in [0.3, 0.4) is 0 Å². The van der Waals surface area contributed by atoms with E-state index in [1.807, 2.05) is 13.8 Å². The Balaban J connectivity index is 2.46. The van der Waals surface area contributed by atoms with Crippen LogP contribution in [-0.4, -0.2) is 34.2 Å². The molecule has 1 saturated heterocycles. The minimum atomic E-state index is -0.439. The van der Waals surface area contributed by atoms with E-state index in [1.165, 1.54) is 0 Å². The molecule has 18 heavy (non-hydrogen) atoms. The van der Waals surface area contributed by atoms with Gasteiger partial charge in [-0.05, 0) is 20.8 Å². The second-order valence-corrected chi connectivity index (χ2v) is 4.35. The highest BCUT2D eigenvalue weighted by molar-refractivity contribution is 6.04. The van der Waals surface area contributed by atoms with Crippen LogP contribution in [0.25, 0.3) is 0 Å². The number of amides is 2. The summed E-state index contributed by atoms with van der Waals surface area (Å²) in [6.45, 7) is 6.23. The fourth-order valence-electron chi connectivity index (χ4n) is 2.08. The Hall–Kier alpha value is -2.05. The molecule has 98 valence electrons. The summed E-state index contributed by atoms with van der Waals surface area (Å²) in [7, 11) is 0. The predicted octanol–water partition coefficient (Wildman–Crippen LogP) is -0.355. The van der Waals surface area contributed by atoms with Gasteiger partial charge in [0.25, 0.3) is 0 Å². The van der Waals surface area contributed by atoms with E-state index in [0.29, 0.717) is 23.7 Å². The summed E-state index contributed by atoms with van der Waals surface area (Å²) in [6.07, 6.45) is 0. The van der Waals surface area contributed by atoms with Crippen molar-refractivity contribution in [3.05, 3.63) is 5.69 Å². The van der Waals surface area contributed by atoms with Gasteiger partial charge in [0.15, 0.2) is 5.82 Å². The topological polar surface area (TPSA) is 93.2 Å². The van der Waals surface area contributed by atoms with Gasteiger partial charge in [-0.15, -0.1) is 0 Å². The van der Waals surface area contributed by atoms with Crippen LogP contribution in [-0.2, 0) is 16.1 Å².